The Morgan fingerprint density at radius 3 is 2.35 bits per heavy atom. The second-order valence-corrected chi connectivity index (χ2v) is 10.3. The van der Waals surface area contributed by atoms with E-state index < -0.39 is 10.0 Å². The lowest BCUT2D eigenvalue weighted by Crippen LogP contribution is -2.47. The number of hydrogen-bond donors (Lipinski definition) is 0. The van der Waals surface area contributed by atoms with Gasteiger partial charge in [-0.05, 0) is 37.1 Å². The maximum atomic E-state index is 12.8. The fourth-order valence-electron chi connectivity index (χ4n) is 4.01. The molecule has 1 aromatic heterocycles. The van der Waals surface area contributed by atoms with E-state index in [0.29, 0.717) is 30.5 Å². The number of sulfonamides is 1. The van der Waals surface area contributed by atoms with E-state index in [9.17, 15) is 8.42 Å². The van der Waals surface area contributed by atoms with Crippen LogP contribution in [-0.4, -0.2) is 75.0 Å². The molecular formula is C22H29ClN4O3S. The van der Waals surface area contributed by atoms with Crippen molar-refractivity contribution >= 4 is 27.4 Å². The molecule has 1 aromatic carbocycles. The lowest BCUT2D eigenvalue weighted by Gasteiger charge is -2.35. The molecule has 0 amide bonds. The Balaban J connectivity index is 1.26. The van der Waals surface area contributed by atoms with Crippen LogP contribution in [0.3, 0.4) is 0 Å². The Kier molecular flexibility index (Phi) is 7.32. The fraction of sp³-hybridized carbons (Fsp3) is 0.500. The standard InChI is InChI=1S/C22H29ClN4O3S/c23-20-6-2-3-7-21(20)30-17-16-25-12-14-26(15-13-25)22-9-8-19(18-24-22)31(28,29)27-10-4-1-5-11-27/h2-3,6-9,18H,1,4-5,10-17H2. The molecule has 3 heterocycles. The molecule has 2 aliphatic heterocycles. The topological polar surface area (TPSA) is 66.0 Å². The molecule has 0 spiro atoms. The molecule has 0 N–H and O–H groups in total. The molecule has 168 valence electrons. The summed E-state index contributed by atoms with van der Waals surface area (Å²) in [5, 5.41) is 0.629. The number of nitrogens with zero attached hydrogens (tertiary/aromatic N) is 4. The molecule has 2 fully saturated rings. The van der Waals surface area contributed by atoms with Crippen molar-refractivity contribution in [2.24, 2.45) is 0 Å². The second kappa shape index (κ2) is 10.2. The van der Waals surface area contributed by atoms with Crippen LogP contribution in [0.25, 0.3) is 0 Å². The summed E-state index contributed by atoms with van der Waals surface area (Å²) in [5.74, 6) is 1.54. The van der Waals surface area contributed by atoms with Crippen molar-refractivity contribution in [1.82, 2.24) is 14.2 Å². The molecule has 0 bridgehead atoms. The first-order valence-corrected chi connectivity index (χ1v) is 12.7. The summed E-state index contributed by atoms with van der Waals surface area (Å²) in [6.07, 6.45) is 4.46. The van der Waals surface area contributed by atoms with Gasteiger partial charge in [-0.25, -0.2) is 13.4 Å². The number of piperazine rings is 1. The quantitative estimate of drug-likeness (QED) is 0.627. The van der Waals surface area contributed by atoms with Crippen LogP contribution in [0.2, 0.25) is 5.02 Å². The minimum absolute atomic E-state index is 0.286. The maximum absolute atomic E-state index is 12.8. The van der Waals surface area contributed by atoms with Crippen LogP contribution in [0, 0.1) is 0 Å². The highest BCUT2D eigenvalue weighted by molar-refractivity contribution is 7.89. The molecule has 2 aliphatic rings. The lowest BCUT2D eigenvalue weighted by molar-refractivity contribution is 0.200. The summed E-state index contributed by atoms with van der Waals surface area (Å²) < 4.78 is 32.9. The van der Waals surface area contributed by atoms with Gasteiger partial charge in [-0.1, -0.05) is 30.2 Å². The van der Waals surface area contributed by atoms with Gasteiger partial charge in [0, 0.05) is 52.0 Å². The van der Waals surface area contributed by atoms with Gasteiger partial charge in [-0.15, -0.1) is 0 Å². The third kappa shape index (κ3) is 5.49. The Labute approximate surface area is 189 Å². The van der Waals surface area contributed by atoms with Crippen LogP contribution in [0.1, 0.15) is 19.3 Å². The third-order valence-corrected chi connectivity index (χ3v) is 8.07. The Hall–Kier alpha value is -1.87. The number of anilines is 1. The van der Waals surface area contributed by atoms with Crippen LogP contribution in [0.5, 0.6) is 5.75 Å². The van der Waals surface area contributed by atoms with Gasteiger partial charge in [-0.2, -0.15) is 4.31 Å². The molecule has 31 heavy (non-hydrogen) atoms. The van der Waals surface area contributed by atoms with E-state index in [1.807, 2.05) is 30.3 Å². The Morgan fingerprint density at radius 2 is 1.68 bits per heavy atom. The van der Waals surface area contributed by atoms with Gasteiger partial charge in [0.25, 0.3) is 0 Å². The van der Waals surface area contributed by atoms with Crippen molar-refractivity contribution in [3.8, 4) is 5.75 Å². The largest absolute Gasteiger partial charge is 0.491 e. The molecule has 0 unspecified atom stereocenters. The summed E-state index contributed by atoms with van der Waals surface area (Å²) in [7, 11) is -3.43. The van der Waals surface area contributed by atoms with Crippen molar-refractivity contribution in [3.05, 3.63) is 47.6 Å². The zero-order chi connectivity index (χ0) is 21.7. The van der Waals surface area contributed by atoms with E-state index in [2.05, 4.69) is 14.8 Å². The zero-order valence-corrected chi connectivity index (χ0v) is 19.2. The number of rotatable bonds is 7. The fourth-order valence-corrected chi connectivity index (χ4v) is 5.67. The number of ether oxygens (including phenoxy) is 1. The lowest BCUT2D eigenvalue weighted by atomic mass is 10.2. The number of piperidine rings is 1. The minimum atomic E-state index is -3.43. The molecule has 2 saturated heterocycles. The van der Waals surface area contributed by atoms with Gasteiger partial charge in [0.1, 0.15) is 23.1 Å². The van der Waals surface area contributed by atoms with Gasteiger partial charge >= 0.3 is 0 Å². The molecular weight excluding hydrogens is 436 g/mol. The molecule has 0 atom stereocenters. The molecule has 4 rings (SSSR count). The molecule has 2 aromatic rings. The number of halogens is 1. The van der Waals surface area contributed by atoms with Crippen molar-refractivity contribution in [3.63, 3.8) is 0 Å². The zero-order valence-electron chi connectivity index (χ0n) is 17.6. The summed E-state index contributed by atoms with van der Waals surface area (Å²) in [5.41, 5.74) is 0. The summed E-state index contributed by atoms with van der Waals surface area (Å²) >= 11 is 6.12. The van der Waals surface area contributed by atoms with Gasteiger partial charge in [-0.3, -0.25) is 4.90 Å². The molecule has 9 heteroatoms. The van der Waals surface area contributed by atoms with Crippen molar-refractivity contribution in [1.29, 1.82) is 0 Å². The molecule has 7 nitrogen and oxygen atoms in total. The van der Waals surface area contributed by atoms with Crippen LogP contribution in [-0.2, 0) is 10.0 Å². The van der Waals surface area contributed by atoms with E-state index in [4.69, 9.17) is 16.3 Å². The molecule has 0 saturated carbocycles. The van der Waals surface area contributed by atoms with Gasteiger partial charge < -0.3 is 9.64 Å². The predicted octanol–water partition coefficient (Wildman–Crippen LogP) is 3.11. The smallest absolute Gasteiger partial charge is 0.244 e. The number of aromatic nitrogens is 1. The summed E-state index contributed by atoms with van der Waals surface area (Å²) in [6.45, 7) is 6.13. The number of para-hydroxylation sites is 1. The highest BCUT2D eigenvalue weighted by atomic mass is 35.5. The Bertz CT molecular complexity index is 957. The van der Waals surface area contributed by atoms with Crippen molar-refractivity contribution in [2.75, 3.05) is 57.3 Å². The van der Waals surface area contributed by atoms with E-state index in [0.717, 1.165) is 57.8 Å². The van der Waals surface area contributed by atoms with Crippen LogP contribution >= 0.6 is 11.6 Å². The van der Waals surface area contributed by atoms with Gasteiger partial charge in [0.05, 0.1) is 5.02 Å². The third-order valence-electron chi connectivity index (χ3n) is 5.87. The monoisotopic (exact) mass is 464 g/mol. The average Bonchev–Trinajstić information content (AvgIpc) is 2.81. The number of hydrogen-bond acceptors (Lipinski definition) is 6. The van der Waals surface area contributed by atoms with Gasteiger partial charge in [0.15, 0.2) is 0 Å². The average molecular weight is 465 g/mol. The SMILES string of the molecule is O=S(=O)(c1ccc(N2CCN(CCOc3ccccc3Cl)CC2)nc1)N1CCCCC1. The van der Waals surface area contributed by atoms with Gasteiger partial charge in [0.2, 0.25) is 10.0 Å². The predicted molar refractivity (Wildman–Crippen MR) is 122 cm³/mol. The molecule has 0 aliphatic carbocycles. The van der Waals surface area contributed by atoms with Crippen molar-refractivity contribution in [2.45, 2.75) is 24.2 Å². The summed E-state index contributed by atoms with van der Waals surface area (Å²) in [4.78, 5) is 9.29. The second-order valence-electron chi connectivity index (χ2n) is 7.92. The summed E-state index contributed by atoms with van der Waals surface area (Å²) in [6, 6.07) is 11.0. The first kappa shape index (κ1) is 22.3. The van der Waals surface area contributed by atoms with Crippen LogP contribution < -0.4 is 9.64 Å². The van der Waals surface area contributed by atoms with Crippen LogP contribution in [0.4, 0.5) is 5.82 Å². The highest BCUT2D eigenvalue weighted by Crippen LogP contribution is 2.24. The van der Waals surface area contributed by atoms with Crippen molar-refractivity contribution < 1.29 is 13.2 Å². The van der Waals surface area contributed by atoms with E-state index in [-0.39, 0.29) is 4.90 Å². The first-order valence-electron chi connectivity index (χ1n) is 10.8. The Morgan fingerprint density at radius 1 is 0.935 bits per heavy atom. The number of pyridine rings is 1. The minimum Gasteiger partial charge on any atom is -0.491 e. The van der Waals surface area contributed by atoms with E-state index >= 15 is 0 Å². The maximum Gasteiger partial charge on any atom is 0.244 e. The number of benzene rings is 1. The van der Waals surface area contributed by atoms with E-state index in [1.54, 1.807) is 10.4 Å². The van der Waals surface area contributed by atoms with Crippen LogP contribution in [0.15, 0.2) is 47.5 Å². The normalized spacial score (nSPS) is 18.8. The first-order chi connectivity index (χ1) is 15.0. The molecule has 0 radical (unpaired) electrons. The van der Waals surface area contributed by atoms with E-state index in [1.165, 1.54) is 6.20 Å². The highest BCUT2D eigenvalue weighted by Gasteiger charge is 2.26.